The zero-order valence-corrected chi connectivity index (χ0v) is 11.4. The highest BCUT2D eigenvalue weighted by atomic mass is 32.2. The monoisotopic (exact) mass is 274 g/mol. The molecule has 2 rings (SSSR count). The molecule has 1 fully saturated rings. The Bertz CT molecular complexity index is 454. The topological polar surface area (TPSA) is 73.1 Å². The highest BCUT2D eigenvalue weighted by Crippen LogP contribution is 2.31. The largest absolute Gasteiger partial charge is 0.330 e. The van der Waals surface area contributed by atoms with Crippen molar-refractivity contribution >= 4 is 21.2 Å². The summed E-state index contributed by atoms with van der Waals surface area (Å²) in [5.74, 6) is 0.972. The van der Waals surface area contributed by atoms with Crippen molar-refractivity contribution in [2.24, 2.45) is 5.73 Å². The molecule has 1 saturated heterocycles. The van der Waals surface area contributed by atoms with Crippen LogP contribution in [0.25, 0.3) is 0 Å². The van der Waals surface area contributed by atoms with Gasteiger partial charge in [-0.1, -0.05) is 0 Å². The molecular weight excluding hydrogens is 256 g/mol. The quantitative estimate of drug-likeness (QED) is 0.899. The highest BCUT2D eigenvalue weighted by molar-refractivity contribution is 7.91. The van der Waals surface area contributed by atoms with Crippen LogP contribution >= 0.6 is 11.3 Å². The molecule has 0 spiro atoms. The van der Waals surface area contributed by atoms with E-state index in [0.29, 0.717) is 24.0 Å². The molecule has 0 saturated carbocycles. The molecule has 1 aliphatic heterocycles. The maximum absolute atomic E-state index is 11.3. The molecular formula is C11H18N2O2S2. The minimum atomic E-state index is -2.77. The first-order chi connectivity index (χ1) is 8.11. The number of hydrogen-bond acceptors (Lipinski definition) is 5. The minimum Gasteiger partial charge on any atom is -0.330 e. The van der Waals surface area contributed by atoms with Gasteiger partial charge in [-0.3, -0.25) is 0 Å². The van der Waals surface area contributed by atoms with Crippen molar-refractivity contribution in [2.45, 2.75) is 31.6 Å². The summed E-state index contributed by atoms with van der Waals surface area (Å²) in [6, 6.07) is 0. The van der Waals surface area contributed by atoms with Crippen molar-refractivity contribution in [2.75, 3.05) is 18.1 Å². The predicted octanol–water partition coefficient (Wildman–Crippen LogP) is 1.33. The summed E-state index contributed by atoms with van der Waals surface area (Å²) in [7, 11) is -2.77. The molecule has 0 aromatic carbocycles. The van der Waals surface area contributed by atoms with E-state index in [0.717, 1.165) is 36.4 Å². The van der Waals surface area contributed by atoms with Crippen LogP contribution in [-0.4, -0.2) is 31.5 Å². The van der Waals surface area contributed by atoms with Gasteiger partial charge in [-0.05, 0) is 32.2 Å². The lowest BCUT2D eigenvalue weighted by molar-refractivity contribution is 0.548. The fourth-order valence-electron chi connectivity index (χ4n) is 2.05. The van der Waals surface area contributed by atoms with Crippen molar-refractivity contribution in [3.8, 4) is 0 Å². The van der Waals surface area contributed by atoms with Gasteiger partial charge in [-0.25, -0.2) is 13.4 Å². The molecule has 0 radical (unpaired) electrons. The van der Waals surface area contributed by atoms with Crippen LogP contribution in [0.15, 0.2) is 5.38 Å². The molecule has 4 nitrogen and oxygen atoms in total. The van der Waals surface area contributed by atoms with Crippen molar-refractivity contribution in [3.05, 3.63) is 16.1 Å². The van der Waals surface area contributed by atoms with Crippen LogP contribution in [0.3, 0.4) is 0 Å². The Hall–Kier alpha value is -0.460. The van der Waals surface area contributed by atoms with Crippen LogP contribution in [-0.2, 0) is 16.3 Å². The molecule has 1 aromatic heterocycles. The molecule has 1 aliphatic rings. The van der Waals surface area contributed by atoms with Gasteiger partial charge in [0, 0.05) is 11.3 Å². The van der Waals surface area contributed by atoms with Crippen LogP contribution in [0.5, 0.6) is 0 Å². The zero-order valence-electron chi connectivity index (χ0n) is 9.76. The maximum Gasteiger partial charge on any atom is 0.150 e. The van der Waals surface area contributed by atoms with Gasteiger partial charge in [-0.15, -0.1) is 11.3 Å². The molecule has 6 heteroatoms. The van der Waals surface area contributed by atoms with Gasteiger partial charge < -0.3 is 5.73 Å². The van der Waals surface area contributed by atoms with Crippen LogP contribution in [0.1, 0.15) is 35.9 Å². The normalized spacial score (nSPS) is 20.5. The number of aryl methyl sites for hydroxylation is 1. The lowest BCUT2D eigenvalue weighted by Crippen LogP contribution is -2.22. The van der Waals surface area contributed by atoms with Crippen molar-refractivity contribution in [1.82, 2.24) is 4.98 Å². The third kappa shape index (κ3) is 3.50. The third-order valence-electron chi connectivity index (χ3n) is 3.11. The lowest BCUT2D eigenvalue weighted by atomic mass is 10.0. The van der Waals surface area contributed by atoms with Gasteiger partial charge in [0.15, 0.2) is 0 Å². The first kappa shape index (κ1) is 13.0. The van der Waals surface area contributed by atoms with Gasteiger partial charge in [0.1, 0.15) is 9.84 Å². The van der Waals surface area contributed by atoms with E-state index < -0.39 is 9.84 Å². The summed E-state index contributed by atoms with van der Waals surface area (Å²) >= 11 is 1.66. The predicted molar refractivity (Wildman–Crippen MR) is 70.1 cm³/mol. The van der Waals surface area contributed by atoms with Crippen molar-refractivity contribution < 1.29 is 8.42 Å². The Morgan fingerprint density at radius 3 is 2.76 bits per heavy atom. The van der Waals surface area contributed by atoms with Crippen molar-refractivity contribution in [1.29, 1.82) is 0 Å². The number of nitrogens with two attached hydrogens (primary N) is 1. The van der Waals surface area contributed by atoms with E-state index >= 15 is 0 Å². The van der Waals surface area contributed by atoms with Crippen molar-refractivity contribution in [3.63, 3.8) is 0 Å². The Morgan fingerprint density at radius 2 is 2.12 bits per heavy atom. The number of nitrogens with zero attached hydrogens (tertiary/aromatic N) is 1. The fourth-order valence-corrected chi connectivity index (χ4v) is 4.56. The molecule has 96 valence electrons. The summed E-state index contributed by atoms with van der Waals surface area (Å²) < 4.78 is 22.7. The zero-order chi connectivity index (χ0) is 12.3. The van der Waals surface area contributed by atoms with E-state index in [-0.39, 0.29) is 0 Å². The standard InChI is InChI=1S/C11H18N2O2S2/c12-5-1-2-10-8-16-11(13-10)9-3-6-17(14,15)7-4-9/h8-9H,1-7,12H2. The average Bonchev–Trinajstić information content (AvgIpc) is 2.75. The van der Waals surface area contributed by atoms with E-state index in [1.807, 2.05) is 0 Å². The van der Waals surface area contributed by atoms with Gasteiger partial charge >= 0.3 is 0 Å². The molecule has 0 bridgehead atoms. The van der Waals surface area contributed by atoms with E-state index in [2.05, 4.69) is 10.4 Å². The third-order valence-corrected chi connectivity index (χ3v) is 5.88. The molecule has 17 heavy (non-hydrogen) atoms. The maximum atomic E-state index is 11.3. The number of thiazole rings is 1. The van der Waals surface area contributed by atoms with Gasteiger partial charge in [0.25, 0.3) is 0 Å². The second kappa shape index (κ2) is 5.46. The molecule has 2 heterocycles. The first-order valence-corrected chi connectivity index (χ1v) is 8.65. The van der Waals surface area contributed by atoms with Crippen LogP contribution in [0.4, 0.5) is 0 Å². The summed E-state index contributed by atoms with van der Waals surface area (Å²) in [4.78, 5) is 4.59. The molecule has 1 aromatic rings. The second-order valence-electron chi connectivity index (χ2n) is 4.50. The molecule has 0 aliphatic carbocycles. The Morgan fingerprint density at radius 1 is 1.41 bits per heavy atom. The number of aromatic nitrogens is 1. The van der Waals surface area contributed by atoms with Crippen LogP contribution < -0.4 is 5.73 Å². The molecule has 0 unspecified atom stereocenters. The summed E-state index contributed by atoms with van der Waals surface area (Å²) in [6.07, 6.45) is 3.35. The van der Waals surface area contributed by atoms with E-state index in [1.54, 1.807) is 11.3 Å². The SMILES string of the molecule is NCCCc1csc(C2CCS(=O)(=O)CC2)n1. The number of rotatable bonds is 4. The van der Waals surface area contributed by atoms with Crippen LogP contribution in [0.2, 0.25) is 0 Å². The Kier molecular flexibility index (Phi) is 4.17. The smallest absolute Gasteiger partial charge is 0.150 e. The van der Waals surface area contributed by atoms with E-state index in [4.69, 9.17) is 5.73 Å². The fraction of sp³-hybridized carbons (Fsp3) is 0.727. The molecule has 0 atom stereocenters. The average molecular weight is 274 g/mol. The van der Waals surface area contributed by atoms with Gasteiger partial charge in [0.05, 0.1) is 22.2 Å². The number of hydrogen-bond donors (Lipinski definition) is 1. The summed E-state index contributed by atoms with van der Waals surface area (Å²) in [5, 5.41) is 3.18. The van der Waals surface area contributed by atoms with Gasteiger partial charge in [-0.2, -0.15) is 0 Å². The minimum absolute atomic E-state index is 0.315. The summed E-state index contributed by atoms with van der Waals surface area (Å²) in [6.45, 7) is 0.689. The molecule has 0 amide bonds. The second-order valence-corrected chi connectivity index (χ2v) is 7.69. The molecule has 2 N–H and O–H groups in total. The highest BCUT2D eigenvalue weighted by Gasteiger charge is 2.26. The number of sulfone groups is 1. The summed E-state index contributed by atoms with van der Waals surface area (Å²) in [5.41, 5.74) is 6.57. The van der Waals surface area contributed by atoms with E-state index in [9.17, 15) is 8.42 Å². The van der Waals surface area contributed by atoms with Crippen LogP contribution in [0, 0.1) is 0 Å². The van der Waals surface area contributed by atoms with E-state index in [1.165, 1.54) is 0 Å². The van der Waals surface area contributed by atoms with Gasteiger partial charge in [0.2, 0.25) is 0 Å². The first-order valence-electron chi connectivity index (χ1n) is 5.95. The Labute approximate surface area is 106 Å². The lowest BCUT2D eigenvalue weighted by Gasteiger charge is -2.19. The Balaban J connectivity index is 1.96.